The maximum absolute atomic E-state index is 5.49. The van der Waals surface area contributed by atoms with Gasteiger partial charge in [0.05, 0.1) is 18.3 Å². The van der Waals surface area contributed by atoms with Crippen LogP contribution in [0.3, 0.4) is 0 Å². The molecule has 2 aliphatic heterocycles. The molecule has 4 heterocycles. The van der Waals surface area contributed by atoms with Crippen molar-refractivity contribution in [2.45, 2.75) is 6.42 Å². The van der Waals surface area contributed by atoms with Gasteiger partial charge >= 0.3 is 0 Å². The van der Waals surface area contributed by atoms with Crippen LogP contribution in [0.15, 0.2) is 42.6 Å². The van der Waals surface area contributed by atoms with Crippen molar-refractivity contribution in [1.29, 1.82) is 0 Å². The largest absolute Gasteiger partial charge is 0.497 e. The number of nitrogens with zero attached hydrogens (tertiary/aromatic N) is 5. The number of ether oxygens (including phenoxy) is 1. The normalized spacial score (nSPS) is 21.4. The fourth-order valence-electron chi connectivity index (χ4n) is 5.08. The standard InChI is InChI=1S/C25H31N5O/c1-28(2)25-8-5-17(13-26-25)22-12-24(21-7-6-20(31-4)11-23(21)27-22)30-15-18-9-10-29(3)14-19(18)16-30/h5-8,11-13,18-19H,9-10,14-16H2,1-4H3. The van der Waals surface area contributed by atoms with Gasteiger partial charge in [-0.2, -0.15) is 0 Å². The zero-order valence-corrected chi connectivity index (χ0v) is 18.9. The Bertz CT molecular complexity index is 1080. The van der Waals surface area contributed by atoms with Gasteiger partial charge in [0.2, 0.25) is 0 Å². The summed E-state index contributed by atoms with van der Waals surface area (Å²) >= 11 is 0. The summed E-state index contributed by atoms with van der Waals surface area (Å²) in [7, 11) is 7.96. The van der Waals surface area contributed by atoms with E-state index in [-0.39, 0.29) is 0 Å². The van der Waals surface area contributed by atoms with E-state index in [2.05, 4.69) is 40.0 Å². The molecule has 0 amide bonds. The molecular weight excluding hydrogens is 386 g/mol. The monoisotopic (exact) mass is 417 g/mol. The number of rotatable bonds is 4. The number of piperidine rings is 1. The maximum atomic E-state index is 5.49. The minimum atomic E-state index is 0.740. The van der Waals surface area contributed by atoms with Gasteiger partial charge in [-0.25, -0.2) is 9.97 Å². The number of aromatic nitrogens is 2. The lowest BCUT2D eigenvalue weighted by Crippen LogP contribution is -2.37. The predicted molar refractivity (Wildman–Crippen MR) is 127 cm³/mol. The van der Waals surface area contributed by atoms with Crippen LogP contribution in [-0.4, -0.2) is 69.3 Å². The first kappa shape index (κ1) is 20.1. The highest BCUT2D eigenvalue weighted by Crippen LogP contribution is 2.39. The van der Waals surface area contributed by atoms with Crippen molar-refractivity contribution in [3.63, 3.8) is 0 Å². The summed E-state index contributed by atoms with van der Waals surface area (Å²) in [5.41, 5.74) is 4.24. The SMILES string of the molecule is COc1ccc2c(N3CC4CCN(C)CC4C3)cc(-c3ccc(N(C)C)nc3)nc2c1. The van der Waals surface area contributed by atoms with E-state index in [4.69, 9.17) is 9.72 Å². The lowest BCUT2D eigenvalue weighted by molar-refractivity contribution is 0.178. The molecule has 2 saturated heterocycles. The van der Waals surface area contributed by atoms with Gasteiger partial charge in [-0.3, -0.25) is 0 Å². The Morgan fingerprint density at radius 2 is 1.87 bits per heavy atom. The van der Waals surface area contributed by atoms with Crippen molar-refractivity contribution in [2.24, 2.45) is 11.8 Å². The van der Waals surface area contributed by atoms with Crippen molar-refractivity contribution >= 4 is 22.4 Å². The molecule has 0 radical (unpaired) electrons. The molecule has 6 heteroatoms. The Balaban J connectivity index is 1.58. The second-order valence-corrected chi connectivity index (χ2v) is 9.19. The molecule has 0 aliphatic carbocycles. The quantitative estimate of drug-likeness (QED) is 0.644. The Hall–Kier alpha value is -2.86. The van der Waals surface area contributed by atoms with E-state index < -0.39 is 0 Å². The summed E-state index contributed by atoms with van der Waals surface area (Å²) in [5.74, 6) is 3.30. The molecule has 5 rings (SSSR count). The molecule has 0 N–H and O–H groups in total. The summed E-state index contributed by atoms with van der Waals surface area (Å²) in [5, 5.41) is 1.19. The van der Waals surface area contributed by atoms with Crippen LogP contribution >= 0.6 is 0 Å². The summed E-state index contributed by atoms with van der Waals surface area (Å²) in [6.07, 6.45) is 3.21. The van der Waals surface area contributed by atoms with Gasteiger partial charge in [-0.1, -0.05) is 0 Å². The average molecular weight is 418 g/mol. The molecule has 1 aromatic carbocycles. The van der Waals surface area contributed by atoms with E-state index in [1.807, 2.05) is 43.4 Å². The Morgan fingerprint density at radius 1 is 1.03 bits per heavy atom. The molecule has 31 heavy (non-hydrogen) atoms. The molecule has 2 aliphatic rings. The number of pyridine rings is 2. The number of methoxy groups -OCH3 is 1. The van der Waals surface area contributed by atoms with E-state index >= 15 is 0 Å². The van der Waals surface area contributed by atoms with Crippen molar-refractivity contribution in [1.82, 2.24) is 14.9 Å². The molecule has 162 valence electrons. The number of anilines is 2. The molecular formula is C25H31N5O. The molecule has 2 aromatic heterocycles. The Labute approximate surface area is 184 Å². The second kappa shape index (κ2) is 8.00. The Kier molecular flexibility index (Phi) is 5.18. The maximum Gasteiger partial charge on any atom is 0.127 e. The van der Waals surface area contributed by atoms with Crippen LogP contribution in [0, 0.1) is 11.8 Å². The summed E-state index contributed by atoms with van der Waals surface area (Å²) in [6, 6.07) is 12.6. The number of hydrogen-bond acceptors (Lipinski definition) is 6. The van der Waals surface area contributed by atoms with Gasteiger partial charge in [0, 0.05) is 62.6 Å². The van der Waals surface area contributed by atoms with Crippen molar-refractivity contribution < 1.29 is 4.74 Å². The highest BCUT2D eigenvalue weighted by molar-refractivity contribution is 5.95. The van der Waals surface area contributed by atoms with Crippen molar-refractivity contribution in [3.8, 4) is 17.0 Å². The van der Waals surface area contributed by atoms with Gasteiger partial charge in [0.1, 0.15) is 11.6 Å². The van der Waals surface area contributed by atoms with Gasteiger partial charge in [-0.15, -0.1) is 0 Å². The van der Waals surface area contributed by atoms with E-state index in [0.717, 1.165) is 53.3 Å². The first-order chi connectivity index (χ1) is 15.0. The van der Waals surface area contributed by atoms with Gasteiger partial charge < -0.3 is 19.4 Å². The molecule has 0 saturated carbocycles. The number of fused-ring (bicyclic) bond motifs is 2. The fraction of sp³-hybridized carbons (Fsp3) is 0.440. The van der Waals surface area contributed by atoms with E-state index in [0.29, 0.717) is 0 Å². The van der Waals surface area contributed by atoms with Crippen LogP contribution in [0.2, 0.25) is 0 Å². The molecule has 2 unspecified atom stereocenters. The topological polar surface area (TPSA) is 44.7 Å². The van der Waals surface area contributed by atoms with E-state index in [9.17, 15) is 0 Å². The third-order valence-corrected chi connectivity index (χ3v) is 6.84. The zero-order chi connectivity index (χ0) is 21.5. The summed E-state index contributed by atoms with van der Waals surface area (Å²) in [4.78, 5) is 16.7. The predicted octanol–water partition coefficient (Wildman–Crippen LogP) is 3.76. The van der Waals surface area contributed by atoms with Gasteiger partial charge in [0.25, 0.3) is 0 Å². The minimum Gasteiger partial charge on any atom is -0.497 e. The lowest BCUT2D eigenvalue weighted by Gasteiger charge is -2.31. The van der Waals surface area contributed by atoms with E-state index in [1.54, 1.807) is 7.11 Å². The number of likely N-dealkylation sites (tertiary alicyclic amines) is 1. The third-order valence-electron chi connectivity index (χ3n) is 6.84. The highest BCUT2D eigenvalue weighted by atomic mass is 16.5. The molecule has 0 spiro atoms. The third kappa shape index (κ3) is 3.81. The minimum absolute atomic E-state index is 0.740. The molecule has 0 bridgehead atoms. The lowest BCUT2D eigenvalue weighted by atomic mass is 9.89. The molecule has 6 nitrogen and oxygen atoms in total. The first-order valence-corrected chi connectivity index (χ1v) is 11.1. The van der Waals surface area contributed by atoms with Crippen molar-refractivity contribution in [3.05, 3.63) is 42.6 Å². The first-order valence-electron chi connectivity index (χ1n) is 11.1. The average Bonchev–Trinajstić information content (AvgIpc) is 3.21. The highest BCUT2D eigenvalue weighted by Gasteiger charge is 2.36. The van der Waals surface area contributed by atoms with Crippen LogP contribution in [0.5, 0.6) is 5.75 Å². The molecule has 3 aromatic rings. The van der Waals surface area contributed by atoms with E-state index in [1.165, 1.54) is 30.6 Å². The fourth-order valence-corrected chi connectivity index (χ4v) is 5.08. The van der Waals surface area contributed by atoms with Crippen LogP contribution in [0.25, 0.3) is 22.2 Å². The number of hydrogen-bond donors (Lipinski definition) is 0. The number of benzene rings is 1. The molecule has 2 atom stereocenters. The van der Waals surface area contributed by atoms with Crippen LogP contribution < -0.4 is 14.5 Å². The van der Waals surface area contributed by atoms with Crippen LogP contribution in [-0.2, 0) is 0 Å². The van der Waals surface area contributed by atoms with Crippen LogP contribution in [0.1, 0.15) is 6.42 Å². The Morgan fingerprint density at radius 3 is 2.61 bits per heavy atom. The second-order valence-electron chi connectivity index (χ2n) is 9.19. The summed E-state index contributed by atoms with van der Waals surface area (Å²) in [6.45, 7) is 4.64. The smallest absolute Gasteiger partial charge is 0.127 e. The van der Waals surface area contributed by atoms with Crippen molar-refractivity contribution in [2.75, 3.05) is 64.2 Å². The zero-order valence-electron chi connectivity index (χ0n) is 18.9. The van der Waals surface area contributed by atoms with Crippen LogP contribution in [0.4, 0.5) is 11.5 Å². The summed E-state index contributed by atoms with van der Waals surface area (Å²) < 4.78 is 5.49. The van der Waals surface area contributed by atoms with Gasteiger partial charge in [0.15, 0.2) is 0 Å². The van der Waals surface area contributed by atoms with Gasteiger partial charge in [-0.05, 0) is 62.2 Å². The molecule has 2 fully saturated rings.